The average molecular weight is 866 g/mol. The molecule has 54 heavy (non-hydrogen) atoms. The second-order valence-corrected chi connectivity index (χ2v) is 20.4. The third-order valence-corrected chi connectivity index (χ3v) is 15.2. The minimum Gasteiger partial charge on any atom is -0.487 e. The zero-order valence-electron chi connectivity index (χ0n) is 30.4. The van der Waals surface area contributed by atoms with Crippen LogP contribution in [0.1, 0.15) is 61.4 Å². The summed E-state index contributed by atoms with van der Waals surface area (Å²) in [6.45, 7) is 0. The number of hydrogen-bond donors (Lipinski definition) is 0. The second-order valence-electron chi connectivity index (χ2n) is 13.7. The smallest absolute Gasteiger partial charge is 0.188 e. The number of nitrogens with zero attached hydrogens (tertiary/aromatic N) is 4. The minimum atomic E-state index is -3.89. The molecule has 0 bridgehead atoms. The molecule has 0 saturated heterocycles. The van der Waals surface area contributed by atoms with E-state index in [4.69, 9.17) is 32.7 Å². The predicted molar refractivity (Wildman–Crippen MR) is 210 cm³/mol. The van der Waals surface area contributed by atoms with Crippen molar-refractivity contribution in [3.8, 4) is 11.5 Å². The molecular weight excluding hydrogens is 822 g/mol. The van der Waals surface area contributed by atoms with Crippen LogP contribution in [-0.4, -0.2) is 89.1 Å². The number of aromatic nitrogens is 2. The first-order valence-electron chi connectivity index (χ1n) is 17.4. The van der Waals surface area contributed by atoms with Crippen LogP contribution < -0.4 is 9.47 Å². The van der Waals surface area contributed by atoms with Gasteiger partial charge in [-0.25, -0.2) is 35.6 Å². The molecule has 296 valence electrons. The molecule has 2 heterocycles. The second kappa shape index (κ2) is 18.7. The van der Waals surface area contributed by atoms with Crippen molar-refractivity contribution in [1.82, 2.24) is 19.8 Å². The van der Waals surface area contributed by atoms with Gasteiger partial charge in [0.05, 0.1) is 10.0 Å². The molecule has 2 aromatic carbocycles. The van der Waals surface area contributed by atoms with Gasteiger partial charge in [0.2, 0.25) is 0 Å². The lowest BCUT2D eigenvalue weighted by Crippen LogP contribution is -2.44. The van der Waals surface area contributed by atoms with Crippen LogP contribution in [-0.2, 0) is 31.2 Å². The highest BCUT2D eigenvalue weighted by Gasteiger charge is 2.33. The first kappa shape index (κ1) is 42.7. The van der Waals surface area contributed by atoms with E-state index in [1.165, 1.54) is 28.9 Å². The third-order valence-electron chi connectivity index (χ3n) is 9.46. The van der Waals surface area contributed by atoms with Gasteiger partial charge >= 0.3 is 0 Å². The van der Waals surface area contributed by atoms with Gasteiger partial charge in [0, 0.05) is 47.4 Å². The summed E-state index contributed by atoms with van der Waals surface area (Å²) >= 11 is 14.6. The molecule has 6 rings (SSSR count). The molecule has 0 radical (unpaired) electrons. The summed E-state index contributed by atoms with van der Waals surface area (Å²) in [5, 5.41) is 4.11. The molecule has 0 aliphatic heterocycles. The Morgan fingerprint density at radius 1 is 0.667 bits per heavy atom. The summed E-state index contributed by atoms with van der Waals surface area (Å²) < 4.78 is 91.7. The molecule has 18 heteroatoms. The summed E-state index contributed by atoms with van der Waals surface area (Å²) in [4.78, 5) is 11.6. The summed E-state index contributed by atoms with van der Waals surface area (Å²) in [5.74, 6) is -1.98. The Hall–Kier alpha value is -2.44. The van der Waals surface area contributed by atoms with Gasteiger partial charge in [0.25, 0.3) is 0 Å². The van der Waals surface area contributed by atoms with Crippen molar-refractivity contribution in [2.24, 2.45) is 0 Å². The molecule has 0 amide bonds. The van der Waals surface area contributed by atoms with Crippen molar-refractivity contribution in [3.63, 3.8) is 0 Å². The highest BCUT2D eigenvalue weighted by molar-refractivity contribution is 7.91. The van der Waals surface area contributed by atoms with Crippen LogP contribution in [0, 0.1) is 11.6 Å². The average Bonchev–Trinajstić information content (AvgIpc) is 3.82. The Labute approximate surface area is 334 Å². The van der Waals surface area contributed by atoms with Crippen molar-refractivity contribution < 1.29 is 35.1 Å². The molecule has 2 saturated carbocycles. The fourth-order valence-electron chi connectivity index (χ4n) is 6.75. The van der Waals surface area contributed by atoms with Crippen LogP contribution >= 0.6 is 45.9 Å². The molecule has 0 spiro atoms. The molecular formula is C36H44Cl2F2N4O6S4. The molecule has 0 N–H and O–H groups in total. The Bertz CT molecular complexity index is 2070. The topological polar surface area (TPSA) is 119 Å². The summed E-state index contributed by atoms with van der Waals surface area (Å²) in [7, 11) is 0.243. The number of hydrogen-bond acceptors (Lipinski definition) is 12. The lowest BCUT2D eigenvalue weighted by atomic mass is 9.91. The number of thiazole rings is 2. The standard InChI is InChI=1S/2C18H22ClFN2O3S2/c1-22(2)14-5-3-4-6-15(14)25-16-10-13(20)17(9-12(16)19)27(23,24)11-18-21-7-8-26-18;1-22(2)14-5-3-4-6-15(14)25-16-10-13(20)12(19)9-17(16)27(23,24)11-18-21-7-8-26-18/h2*7-10,14-15H,3-6,11H2,1-2H3/t2*14-,15-/m00/s1. The lowest BCUT2D eigenvalue weighted by Gasteiger charge is -2.36. The molecule has 0 unspecified atom stereocenters. The quantitative estimate of drug-likeness (QED) is 0.129. The first-order chi connectivity index (χ1) is 25.6. The normalized spacial score (nSPS) is 20.8. The van der Waals surface area contributed by atoms with Crippen LogP contribution in [0.25, 0.3) is 0 Å². The van der Waals surface area contributed by atoms with E-state index in [-0.39, 0.29) is 62.2 Å². The Morgan fingerprint density at radius 3 is 1.59 bits per heavy atom. The maximum absolute atomic E-state index is 14.6. The Balaban J connectivity index is 0.000000208. The molecule has 10 nitrogen and oxygen atoms in total. The maximum atomic E-state index is 14.6. The van der Waals surface area contributed by atoms with Crippen LogP contribution in [0.3, 0.4) is 0 Å². The van der Waals surface area contributed by atoms with Gasteiger partial charge in [0.1, 0.15) is 66.7 Å². The van der Waals surface area contributed by atoms with E-state index in [2.05, 4.69) is 19.8 Å². The van der Waals surface area contributed by atoms with Gasteiger partial charge in [-0.05, 0) is 78.8 Å². The van der Waals surface area contributed by atoms with Crippen molar-refractivity contribution in [2.45, 2.75) is 97.0 Å². The fourth-order valence-corrected chi connectivity index (χ4v) is 12.0. The lowest BCUT2D eigenvalue weighted by molar-refractivity contribution is 0.0598. The summed E-state index contributed by atoms with van der Waals surface area (Å²) in [6, 6.07) is 4.81. The van der Waals surface area contributed by atoms with Gasteiger partial charge in [-0.1, -0.05) is 36.0 Å². The van der Waals surface area contributed by atoms with Crippen LogP contribution in [0.5, 0.6) is 11.5 Å². The number of ether oxygens (including phenoxy) is 2. The van der Waals surface area contributed by atoms with Crippen molar-refractivity contribution in [2.75, 3.05) is 28.2 Å². The van der Waals surface area contributed by atoms with E-state index in [9.17, 15) is 25.6 Å². The van der Waals surface area contributed by atoms with Crippen molar-refractivity contribution in [1.29, 1.82) is 0 Å². The van der Waals surface area contributed by atoms with E-state index in [0.29, 0.717) is 10.0 Å². The number of likely N-dealkylation sites (N-methyl/N-ethyl adjacent to an activating group) is 2. The van der Waals surface area contributed by atoms with Crippen LogP contribution in [0.2, 0.25) is 10.0 Å². The van der Waals surface area contributed by atoms with Crippen LogP contribution in [0.15, 0.2) is 57.2 Å². The highest BCUT2D eigenvalue weighted by atomic mass is 35.5. The molecule has 4 aromatic rings. The van der Waals surface area contributed by atoms with Gasteiger partial charge in [-0.3, -0.25) is 0 Å². The third kappa shape index (κ3) is 10.9. The first-order valence-corrected chi connectivity index (χ1v) is 23.2. The number of sulfone groups is 2. The van der Waals surface area contributed by atoms with Gasteiger partial charge < -0.3 is 19.3 Å². The van der Waals surface area contributed by atoms with Gasteiger partial charge in [0.15, 0.2) is 19.7 Å². The zero-order valence-corrected chi connectivity index (χ0v) is 35.2. The van der Waals surface area contributed by atoms with Gasteiger partial charge in [-0.15, -0.1) is 22.7 Å². The van der Waals surface area contributed by atoms with Crippen molar-refractivity contribution >= 4 is 65.5 Å². The maximum Gasteiger partial charge on any atom is 0.188 e. The monoisotopic (exact) mass is 864 g/mol. The number of halogens is 4. The van der Waals surface area contributed by atoms with E-state index < -0.39 is 36.2 Å². The van der Waals surface area contributed by atoms with E-state index >= 15 is 0 Å². The Kier molecular flexibility index (Phi) is 14.8. The highest BCUT2D eigenvalue weighted by Crippen LogP contribution is 2.37. The van der Waals surface area contributed by atoms with E-state index in [0.717, 1.165) is 75.6 Å². The Morgan fingerprint density at radius 2 is 1.11 bits per heavy atom. The summed E-state index contributed by atoms with van der Waals surface area (Å²) in [6.07, 6.45) is 10.6. The molecule has 2 aliphatic rings. The number of rotatable bonds is 12. The fraction of sp³-hybridized carbons (Fsp3) is 0.500. The van der Waals surface area contributed by atoms with E-state index in [1.54, 1.807) is 17.0 Å². The van der Waals surface area contributed by atoms with Crippen molar-refractivity contribution in [3.05, 3.63) is 79.1 Å². The van der Waals surface area contributed by atoms with Crippen LogP contribution in [0.4, 0.5) is 8.78 Å². The van der Waals surface area contributed by atoms with Gasteiger partial charge in [-0.2, -0.15) is 0 Å². The van der Waals surface area contributed by atoms with E-state index in [1.807, 2.05) is 28.2 Å². The predicted octanol–water partition coefficient (Wildman–Crippen LogP) is 8.32. The molecule has 4 atom stereocenters. The molecule has 2 aromatic heterocycles. The zero-order chi connectivity index (χ0) is 39.2. The minimum absolute atomic E-state index is 0.0206. The molecule has 2 aliphatic carbocycles. The largest absolute Gasteiger partial charge is 0.487 e. The SMILES string of the molecule is CN(C)[C@H]1CCCC[C@@H]1Oc1cc(F)c(Cl)cc1S(=O)(=O)Cc1nccs1.CN(C)[C@H]1CCCC[C@@H]1Oc1cc(F)c(S(=O)(=O)Cc2nccs2)cc1Cl. The number of benzene rings is 2. The summed E-state index contributed by atoms with van der Waals surface area (Å²) in [5.41, 5.74) is 0. The molecule has 2 fully saturated rings.